The molecule has 1 amide bonds. The molecule has 2 aliphatic rings. The Kier molecular flexibility index (Phi) is 5.02. The molecule has 4 rings (SSSR count). The average Bonchev–Trinajstić information content (AvgIpc) is 2.83. The van der Waals surface area contributed by atoms with Crippen molar-refractivity contribution in [2.75, 3.05) is 0 Å². The van der Waals surface area contributed by atoms with Crippen LogP contribution in [0.2, 0.25) is 0 Å². The van der Waals surface area contributed by atoms with Gasteiger partial charge in [-0.3, -0.25) is 14.2 Å². The van der Waals surface area contributed by atoms with E-state index in [1.54, 1.807) is 0 Å². The van der Waals surface area contributed by atoms with Gasteiger partial charge in [0.2, 0.25) is 5.91 Å². The summed E-state index contributed by atoms with van der Waals surface area (Å²) in [5, 5.41) is 3.13. The maximum atomic E-state index is 12.8. The van der Waals surface area contributed by atoms with Gasteiger partial charge in [0.25, 0.3) is 5.56 Å². The maximum absolute atomic E-state index is 12.8. The van der Waals surface area contributed by atoms with Crippen LogP contribution in [0.15, 0.2) is 11.1 Å². The van der Waals surface area contributed by atoms with E-state index in [-0.39, 0.29) is 24.1 Å². The van der Waals surface area contributed by atoms with Crippen LogP contribution in [0.25, 0.3) is 11.2 Å². The second-order valence-electron chi connectivity index (χ2n) is 8.28. The summed E-state index contributed by atoms with van der Waals surface area (Å²) >= 11 is 0. The molecule has 0 radical (unpaired) electrons. The fourth-order valence-electron chi connectivity index (χ4n) is 4.54. The Morgan fingerprint density at radius 1 is 1.22 bits per heavy atom. The number of hydrogen-bond donors (Lipinski definition) is 1. The molecule has 0 spiro atoms. The summed E-state index contributed by atoms with van der Waals surface area (Å²) in [6.07, 6.45) is 9.12. The molecule has 27 heavy (non-hydrogen) atoms. The van der Waals surface area contributed by atoms with Crippen LogP contribution in [-0.4, -0.2) is 31.1 Å². The highest BCUT2D eigenvalue weighted by atomic mass is 16.2. The minimum absolute atomic E-state index is 0.00156. The van der Waals surface area contributed by atoms with Crippen molar-refractivity contribution in [2.24, 2.45) is 11.8 Å². The Labute approximate surface area is 159 Å². The number of rotatable bonds is 3. The van der Waals surface area contributed by atoms with Crippen molar-refractivity contribution in [2.45, 2.75) is 77.9 Å². The highest BCUT2D eigenvalue weighted by molar-refractivity contribution is 5.77. The first-order chi connectivity index (χ1) is 13.0. The summed E-state index contributed by atoms with van der Waals surface area (Å²) < 4.78 is 3.46. The van der Waals surface area contributed by atoms with E-state index >= 15 is 0 Å². The molecule has 7 nitrogen and oxygen atoms in total. The summed E-state index contributed by atoms with van der Waals surface area (Å²) in [5.41, 5.74) is 0.825. The molecule has 1 N–H and O–H groups in total. The van der Waals surface area contributed by atoms with Gasteiger partial charge in [-0.1, -0.05) is 33.1 Å². The van der Waals surface area contributed by atoms with Gasteiger partial charge in [0.1, 0.15) is 18.7 Å². The van der Waals surface area contributed by atoms with Crippen molar-refractivity contribution in [1.82, 2.24) is 24.4 Å². The zero-order chi connectivity index (χ0) is 19.0. The monoisotopic (exact) mass is 371 g/mol. The van der Waals surface area contributed by atoms with Crippen LogP contribution in [0, 0.1) is 11.8 Å². The molecule has 1 saturated carbocycles. The lowest BCUT2D eigenvalue weighted by Crippen LogP contribution is -2.45. The molecule has 0 aromatic carbocycles. The van der Waals surface area contributed by atoms with Crippen molar-refractivity contribution < 1.29 is 4.79 Å². The third kappa shape index (κ3) is 3.51. The lowest BCUT2D eigenvalue weighted by Gasteiger charge is -2.34. The van der Waals surface area contributed by atoms with Crippen molar-refractivity contribution >= 4 is 17.1 Å². The Bertz CT molecular complexity index is 900. The zero-order valence-corrected chi connectivity index (χ0v) is 16.3. The van der Waals surface area contributed by atoms with Crippen LogP contribution < -0.4 is 10.9 Å². The number of carbonyl (C=O) groups is 1. The van der Waals surface area contributed by atoms with Gasteiger partial charge in [-0.05, 0) is 31.1 Å². The van der Waals surface area contributed by atoms with Crippen molar-refractivity contribution in [3.05, 3.63) is 22.5 Å². The van der Waals surface area contributed by atoms with Crippen LogP contribution in [-0.2, 0) is 24.3 Å². The topological polar surface area (TPSA) is 81.8 Å². The van der Waals surface area contributed by atoms with E-state index in [1.165, 1.54) is 23.7 Å². The Morgan fingerprint density at radius 2 is 2.07 bits per heavy atom. The zero-order valence-electron chi connectivity index (χ0n) is 16.3. The molecule has 1 fully saturated rings. The first kappa shape index (κ1) is 18.2. The average molecular weight is 371 g/mol. The van der Waals surface area contributed by atoms with Gasteiger partial charge in [-0.25, -0.2) is 9.97 Å². The summed E-state index contributed by atoms with van der Waals surface area (Å²) in [5.74, 6) is 1.90. The Balaban J connectivity index is 1.53. The van der Waals surface area contributed by atoms with Crippen molar-refractivity contribution in [3.63, 3.8) is 0 Å². The van der Waals surface area contributed by atoms with Crippen LogP contribution >= 0.6 is 0 Å². The van der Waals surface area contributed by atoms with Crippen molar-refractivity contribution in [1.29, 1.82) is 0 Å². The number of hydrogen-bond acceptors (Lipinski definition) is 4. The van der Waals surface area contributed by atoms with Gasteiger partial charge in [0.15, 0.2) is 11.2 Å². The van der Waals surface area contributed by atoms with E-state index in [1.807, 2.05) is 0 Å². The number of nitrogens with zero attached hydrogens (tertiary/aromatic N) is 4. The number of aryl methyl sites for hydroxylation is 2. The largest absolute Gasteiger partial charge is 0.352 e. The van der Waals surface area contributed by atoms with Gasteiger partial charge in [-0.15, -0.1) is 0 Å². The highest BCUT2D eigenvalue weighted by Crippen LogP contribution is 2.29. The molecule has 1 aliphatic heterocycles. The van der Waals surface area contributed by atoms with E-state index in [0.29, 0.717) is 23.0 Å². The Morgan fingerprint density at radius 3 is 2.93 bits per heavy atom. The van der Waals surface area contributed by atoms with E-state index in [9.17, 15) is 9.59 Å². The quantitative estimate of drug-likeness (QED) is 0.897. The molecule has 2 aromatic heterocycles. The highest BCUT2D eigenvalue weighted by Gasteiger charge is 2.28. The molecular formula is C20H29N5O2. The fourth-order valence-corrected chi connectivity index (χ4v) is 4.54. The Hall–Kier alpha value is -2.18. The van der Waals surface area contributed by atoms with Gasteiger partial charge < -0.3 is 9.88 Å². The summed E-state index contributed by atoms with van der Waals surface area (Å²) in [6, 6.07) is 0.192. The van der Waals surface area contributed by atoms with Gasteiger partial charge in [0.05, 0.1) is 0 Å². The van der Waals surface area contributed by atoms with Crippen LogP contribution in [0.5, 0.6) is 0 Å². The fraction of sp³-hybridized carbons (Fsp3) is 0.700. The second-order valence-corrected chi connectivity index (χ2v) is 8.28. The number of imidazole rings is 1. The van der Waals surface area contributed by atoms with Crippen LogP contribution in [0.4, 0.5) is 0 Å². The molecule has 1 aliphatic carbocycles. The predicted molar refractivity (Wildman–Crippen MR) is 103 cm³/mol. The number of fused-ring (bicyclic) bond motifs is 3. The molecule has 7 heteroatoms. The molecule has 0 saturated heterocycles. The standard InChI is InChI=1S/C20H29N5O2/c1-13-7-6-8-15(14(13)2)22-17(26)11-24-12-21-19-18(20(24)27)23-16-9-4-3-5-10-25(16)19/h12-15H,3-11H2,1-2H3,(H,22,26)/t13-,14-,15+/m1/s1. The smallest absolute Gasteiger partial charge is 0.282 e. The number of amides is 1. The number of aromatic nitrogens is 4. The van der Waals surface area contributed by atoms with Crippen molar-refractivity contribution in [3.8, 4) is 0 Å². The third-order valence-corrected chi connectivity index (χ3v) is 6.45. The summed E-state index contributed by atoms with van der Waals surface area (Å²) in [6.45, 7) is 5.31. The minimum atomic E-state index is -0.221. The number of carbonyl (C=O) groups excluding carboxylic acids is 1. The SMILES string of the molecule is C[C@@H]1[C@H](C)CCC[C@@H]1NC(=O)Cn1cnc2c(nc3n2CCCCC3)c1=O. The molecule has 3 atom stereocenters. The lowest BCUT2D eigenvalue weighted by molar-refractivity contribution is -0.123. The third-order valence-electron chi connectivity index (χ3n) is 6.45. The maximum Gasteiger partial charge on any atom is 0.282 e. The lowest BCUT2D eigenvalue weighted by atomic mass is 9.78. The predicted octanol–water partition coefficient (Wildman–Crippen LogP) is 2.26. The van der Waals surface area contributed by atoms with E-state index in [4.69, 9.17) is 0 Å². The van der Waals surface area contributed by atoms with Gasteiger partial charge >= 0.3 is 0 Å². The first-order valence-electron chi connectivity index (χ1n) is 10.3. The first-order valence-corrected chi connectivity index (χ1v) is 10.3. The van der Waals surface area contributed by atoms with Gasteiger partial charge in [-0.2, -0.15) is 0 Å². The summed E-state index contributed by atoms with van der Waals surface area (Å²) in [4.78, 5) is 34.4. The van der Waals surface area contributed by atoms with Gasteiger partial charge in [0, 0.05) is 19.0 Å². The minimum Gasteiger partial charge on any atom is -0.352 e. The molecule has 0 bridgehead atoms. The van der Waals surface area contributed by atoms with E-state index in [0.717, 1.165) is 44.5 Å². The molecule has 146 valence electrons. The van der Waals surface area contributed by atoms with E-state index < -0.39 is 0 Å². The number of nitrogens with one attached hydrogen (secondary N) is 1. The molecular weight excluding hydrogens is 342 g/mol. The molecule has 3 heterocycles. The normalized spacial score (nSPS) is 25.8. The summed E-state index contributed by atoms with van der Waals surface area (Å²) in [7, 11) is 0. The van der Waals surface area contributed by atoms with Crippen LogP contribution in [0.3, 0.4) is 0 Å². The van der Waals surface area contributed by atoms with E-state index in [2.05, 4.69) is 33.7 Å². The molecule has 2 aromatic rings. The molecule has 0 unspecified atom stereocenters. The second kappa shape index (κ2) is 7.44. The van der Waals surface area contributed by atoms with Crippen LogP contribution in [0.1, 0.15) is 58.2 Å².